The van der Waals surface area contributed by atoms with Crippen molar-refractivity contribution in [2.24, 2.45) is 0 Å². The maximum Gasteiger partial charge on any atom is 0.341 e. The van der Waals surface area contributed by atoms with Crippen molar-refractivity contribution in [3.63, 3.8) is 0 Å². The van der Waals surface area contributed by atoms with Gasteiger partial charge in [-0.1, -0.05) is 0 Å². The zero-order chi connectivity index (χ0) is 12.4. The molecule has 0 aliphatic carbocycles. The van der Waals surface area contributed by atoms with Crippen LogP contribution < -0.4 is 5.73 Å². The molecule has 92 valence electrons. The molecule has 2 rings (SSSR count). The van der Waals surface area contributed by atoms with E-state index in [9.17, 15) is 4.79 Å². The standard InChI is InChI=1S/C11H16N4O2/c1-15-4-2-7(3-5-15)10-13-6-8(11(16)17)9(12)14-10/h6-7H,2-5H2,1H3,(H,16,17)(H2,12,13,14). The smallest absolute Gasteiger partial charge is 0.341 e. The van der Waals surface area contributed by atoms with E-state index in [1.54, 1.807) is 0 Å². The Bertz CT molecular complexity index is 427. The predicted octanol–water partition coefficient (Wildman–Crippen LogP) is 0.566. The third-order valence-electron chi connectivity index (χ3n) is 3.15. The lowest BCUT2D eigenvalue weighted by Gasteiger charge is -2.27. The van der Waals surface area contributed by atoms with E-state index in [1.165, 1.54) is 6.20 Å². The number of likely N-dealkylation sites (tertiary alicyclic amines) is 1. The van der Waals surface area contributed by atoms with E-state index in [0.29, 0.717) is 5.82 Å². The summed E-state index contributed by atoms with van der Waals surface area (Å²) in [7, 11) is 2.08. The van der Waals surface area contributed by atoms with Gasteiger partial charge in [0.15, 0.2) is 0 Å². The highest BCUT2D eigenvalue weighted by molar-refractivity contribution is 5.92. The van der Waals surface area contributed by atoms with Crippen LogP contribution in [0.15, 0.2) is 6.20 Å². The number of carbonyl (C=O) groups is 1. The Morgan fingerprint density at radius 3 is 2.71 bits per heavy atom. The van der Waals surface area contributed by atoms with E-state index < -0.39 is 5.97 Å². The van der Waals surface area contributed by atoms with Crippen molar-refractivity contribution in [1.29, 1.82) is 0 Å². The maximum absolute atomic E-state index is 10.8. The van der Waals surface area contributed by atoms with E-state index in [4.69, 9.17) is 10.8 Å². The number of aromatic carboxylic acids is 1. The summed E-state index contributed by atoms with van der Waals surface area (Å²) in [5, 5.41) is 8.83. The fourth-order valence-electron chi connectivity index (χ4n) is 2.04. The van der Waals surface area contributed by atoms with Crippen LogP contribution in [0.1, 0.15) is 34.9 Å². The highest BCUT2D eigenvalue weighted by atomic mass is 16.4. The summed E-state index contributed by atoms with van der Waals surface area (Å²) < 4.78 is 0. The van der Waals surface area contributed by atoms with Gasteiger partial charge in [0.1, 0.15) is 17.2 Å². The predicted molar refractivity (Wildman–Crippen MR) is 62.9 cm³/mol. The fourth-order valence-corrected chi connectivity index (χ4v) is 2.04. The third-order valence-corrected chi connectivity index (χ3v) is 3.15. The van der Waals surface area contributed by atoms with Gasteiger partial charge in [0, 0.05) is 12.1 Å². The summed E-state index contributed by atoms with van der Waals surface area (Å²) in [5.41, 5.74) is 5.59. The number of hydrogen-bond donors (Lipinski definition) is 2. The number of nitrogen functional groups attached to an aromatic ring is 1. The molecule has 2 heterocycles. The minimum Gasteiger partial charge on any atom is -0.477 e. The molecule has 6 heteroatoms. The molecule has 17 heavy (non-hydrogen) atoms. The zero-order valence-electron chi connectivity index (χ0n) is 9.76. The number of carboxylic acids is 1. The summed E-state index contributed by atoms with van der Waals surface area (Å²) in [4.78, 5) is 21.3. The van der Waals surface area contributed by atoms with Gasteiger partial charge in [0.05, 0.1) is 0 Å². The van der Waals surface area contributed by atoms with Crippen LogP contribution in [0.25, 0.3) is 0 Å². The van der Waals surface area contributed by atoms with E-state index in [0.717, 1.165) is 25.9 Å². The third kappa shape index (κ3) is 2.52. The van der Waals surface area contributed by atoms with Gasteiger partial charge < -0.3 is 15.7 Å². The molecule has 0 radical (unpaired) electrons. The van der Waals surface area contributed by atoms with Crippen LogP contribution in [-0.2, 0) is 0 Å². The van der Waals surface area contributed by atoms with Gasteiger partial charge in [-0.15, -0.1) is 0 Å². The molecule has 1 aromatic rings. The molecule has 0 unspecified atom stereocenters. The molecule has 1 aliphatic rings. The lowest BCUT2D eigenvalue weighted by Crippen LogP contribution is -2.30. The Morgan fingerprint density at radius 2 is 2.18 bits per heavy atom. The SMILES string of the molecule is CN1CCC(c2ncc(C(=O)O)c(N)n2)CC1. The topological polar surface area (TPSA) is 92.3 Å². The van der Waals surface area contributed by atoms with E-state index in [2.05, 4.69) is 21.9 Å². The maximum atomic E-state index is 10.8. The number of aromatic nitrogens is 2. The molecule has 0 amide bonds. The normalized spacial score (nSPS) is 18.2. The number of hydrogen-bond acceptors (Lipinski definition) is 5. The van der Waals surface area contributed by atoms with Crippen LogP contribution in [0.5, 0.6) is 0 Å². The molecule has 0 atom stereocenters. The first kappa shape index (κ1) is 11.8. The van der Waals surface area contributed by atoms with Gasteiger partial charge in [0.2, 0.25) is 0 Å². The lowest BCUT2D eigenvalue weighted by atomic mass is 9.96. The average Bonchev–Trinajstić information content (AvgIpc) is 2.29. The molecule has 0 saturated carbocycles. The molecule has 0 spiro atoms. The average molecular weight is 236 g/mol. The monoisotopic (exact) mass is 236 g/mol. The van der Waals surface area contributed by atoms with Crippen molar-refractivity contribution >= 4 is 11.8 Å². The highest BCUT2D eigenvalue weighted by Gasteiger charge is 2.22. The van der Waals surface area contributed by atoms with Crippen LogP contribution in [0.3, 0.4) is 0 Å². The lowest BCUT2D eigenvalue weighted by molar-refractivity contribution is 0.0697. The Kier molecular flexibility index (Phi) is 3.23. The van der Waals surface area contributed by atoms with Crippen LogP contribution >= 0.6 is 0 Å². The van der Waals surface area contributed by atoms with Gasteiger partial charge in [-0.25, -0.2) is 14.8 Å². The van der Waals surface area contributed by atoms with Gasteiger partial charge in [-0.3, -0.25) is 0 Å². The van der Waals surface area contributed by atoms with Crippen molar-refractivity contribution in [3.8, 4) is 0 Å². The van der Waals surface area contributed by atoms with E-state index in [1.807, 2.05) is 0 Å². The first-order valence-electron chi connectivity index (χ1n) is 5.62. The largest absolute Gasteiger partial charge is 0.477 e. The molecule has 0 bridgehead atoms. The summed E-state index contributed by atoms with van der Waals surface area (Å²) in [5.74, 6) is -0.0733. The minimum atomic E-state index is -1.09. The second kappa shape index (κ2) is 4.67. The number of nitrogens with zero attached hydrogens (tertiary/aromatic N) is 3. The zero-order valence-corrected chi connectivity index (χ0v) is 9.76. The Labute approximate surface area is 99.5 Å². The van der Waals surface area contributed by atoms with Crippen molar-refractivity contribution in [3.05, 3.63) is 17.6 Å². The molecule has 1 fully saturated rings. The molecule has 6 nitrogen and oxygen atoms in total. The number of piperidine rings is 1. The Morgan fingerprint density at radius 1 is 1.53 bits per heavy atom. The van der Waals surface area contributed by atoms with Crippen LogP contribution in [0, 0.1) is 0 Å². The second-order valence-corrected chi connectivity index (χ2v) is 4.41. The van der Waals surface area contributed by atoms with Gasteiger partial charge in [0.25, 0.3) is 0 Å². The van der Waals surface area contributed by atoms with Gasteiger partial charge in [-0.2, -0.15) is 0 Å². The van der Waals surface area contributed by atoms with Gasteiger partial charge in [-0.05, 0) is 33.0 Å². The summed E-state index contributed by atoms with van der Waals surface area (Å²) in [6, 6.07) is 0. The molecular formula is C11H16N4O2. The van der Waals surface area contributed by atoms with Crippen LogP contribution in [0.2, 0.25) is 0 Å². The molecule has 1 aromatic heterocycles. The summed E-state index contributed by atoms with van der Waals surface area (Å²) in [6.45, 7) is 2.02. The summed E-state index contributed by atoms with van der Waals surface area (Å²) in [6.07, 6.45) is 3.28. The number of rotatable bonds is 2. The Hall–Kier alpha value is -1.69. The van der Waals surface area contributed by atoms with Gasteiger partial charge >= 0.3 is 5.97 Å². The van der Waals surface area contributed by atoms with Crippen LogP contribution in [0.4, 0.5) is 5.82 Å². The molecular weight excluding hydrogens is 220 g/mol. The fraction of sp³-hybridized carbons (Fsp3) is 0.545. The number of nitrogens with two attached hydrogens (primary N) is 1. The highest BCUT2D eigenvalue weighted by Crippen LogP contribution is 2.25. The molecule has 0 aromatic carbocycles. The van der Waals surface area contributed by atoms with Crippen molar-refractivity contribution in [1.82, 2.24) is 14.9 Å². The van der Waals surface area contributed by atoms with Crippen molar-refractivity contribution in [2.45, 2.75) is 18.8 Å². The van der Waals surface area contributed by atoms with Crippen molar-refractivity contribution in [2.75, 3.05) is 25.9 Å². The number of anilines is 1. The van der Waals surface area contributed by atoms with E-state index >= 15 is 0 Å². The Balaban J connectivity index is 2.17. The molecule has 1 saturated heterocycles. The molecule has 1 aliphatic heterocycles. The minimum absolute atomic E-state index is 0.0262. The van der Waals surface area contributed by atoms with Crippen LogP contribution in [-0.4, -0.2) is 46.1 Å². The first-order valence-corrected chi connectivity index (χ1v) is 5.62. The molecule has 3 N–H and O–H groups in total. The summed E-state index contributed by atoms with van der Waals surface area (Å²) >= 11 is 0. The first-order chi connectivity index (χ1) is 8.08. The number of carboxylic acid groups (broad SMARTS) is 1. The van der Waals surface area contributed by atoms with Crippen molar-refractivity contribution < 1.29 is 9.90 Å². The quantitative estimate of drug-likeness (QED) is 0.779. The second-order valence-electron chi connectivity index (χ2n) is 4.41. The van der Waals surface area contributed by atoms with E-state index in [-0.39, 0.29) is 17.3 Å².